The summed E-state index contributed by atoms with van der Waals surface area (Å²) in [6, 6.07) is 7.55. The second-order valence-corrected chi connectivity index (χ2v) is 4.18. The lowest BCUT2D eigenvalue weighted by Gasteiger charge is -2.06. The molecule has 0 atom stereocenters. The highest BCUT2D eigenvalue weighted by molar-refractivity contribution is 9.09. The molecule has 1 aromatic rings. The predicted molar refractivity (Wildman–Crippen MR) is 64.5 cm³/mol. The van der Waals surface area contributed by atoms with Crippen molar-refractivity contribution in [3.8, 4) is 5.75 Å². The quantitative estimate of drug-likeness (QED) is 0.355. The molecular weight excluding hydrogens is 256 g/mol. The minimum Gasteiger partial charge on any atom is -0.426 e. The molecule has 0 unspecified atom stereocenters. The number of unbranched alkanes of at least 4 members (excludes halogenated alkanes) is 1. The Bertz CT molecular complexity index is 323. The van der Waals surface area contributed by atoms with Crippen LogP contribution < -0.4 is 4.74 Å². The third-order valence-corrected chi connectivity index (χ3v) is 2.64. The molecule has 0 spiro atoms. The van der Waals surface area contributed by atoms with Gasteiger partial charge in [-0.05, 0) is 31.4 Å². The van der Waals surface area contributed by atoms with Gasteiger partial charge in [-0.25, -0.2) is 0 Å². The van der Waals surface area contributed by atoms with E-state index < -0.39 is 0 Å². The van der Waals surface area contributed by atoms with Gasteiger partial charge in [0, 0.05) is 11.8 Å². The van der Waals surface area contributed by atoms with Gasteiger partial charge in [0.05, 0.1) is 0 Å². The number of esters is 1. The number of hydrogen-bond donors (Lipinski definition) is 0. The summed E-state index contributed by atoms with van der Waals surface area (Å²) in [5.41, 5.74) is 0.992. The highest BCUT2D eigenvalue weighted by Crippen LogP contribution is 2.17. The molecule has 15 heavy (non-hydrogen) atoms. The molecule has 0 aromatic heterocycles. The van der Waals surface area contributed by atoms with E-state index in [9.17, 15) is 4.79 Å². The average molecular weight is 271 g/mol. The molecule has 0 aliphatic rings. The topological polar surface area (TPSA) is 26.3 Å². The van der Waals surface area contributed by atoms with E-state index in [0.717, 1.165) is 23.7 Å². The third kappa shape index (κ3) is 4.47. The fourth-order valence-corrected chi connectivity index (χ4v) is 1.60. The molecular formula is C12H15BrO2. The van der Waals surface area contributed by atoms with Crippen LogP contribution in [0, 0.1) is 6.92 Å². The molecule has 0 saturated heterocycles. The van der Waals surface area contributed by atoms with E-state index in [0.29, 0.717) is 12.2 Å². The molecule has 0 radical (unpaired) electrons. The van der Waals surface area contributed by atoms with Gasteiger partial charge in [0.1, 0.15) is 5.75 Å². The molecule has 0 fully saturated rings. The molecule has 0 aliphatic heterocycles. The molecule has 1 rings (SSSR count). The van der Waals surface area contributed by atoms with Crippen LogP contribution >= 0.6 is 15.9 Å². The van der Waals surface area contributed by atoms with Gasteiger partial charge in [-0.1, -0.05) is 34.1 Å². The lowest BCUT2D eigenvalue weighted by Crippen LogP contribution is -2.08. The Hall–Kier alpha value is -0.830. The van der Waals surface area contributed by atoms with Crippen LogP contribution in [0.2, 0.25) is 0 Å². The van der Waals surface area contributed by atoms with E-state index in [1.165, 1.54) is 0 Å². The summed E-state index contributed by atoms with van der Waals surface area (Å²) in [5.74, 6) is 0.520. The molecule has 3 heteroatoms. The van der Waals surface area contributed by atoms with Gasteiger partial charge < -0.3 is 4.74 Å². The lowest BCUT2D eigenvalue weighted by atomic mass is 10.2. The molecule has 0 saturated carbocycles. The molecule has 0 aliphatic carbocycles. The van der Waals surface area contributed by atoms with E-state index >= 15 is 0 Å². The van der Waals surface area contributed by atoms with Crippen LogP contribution in [0.5, 0.6) is 5.75 Å². The number of hydrogen-bond acceptors (Lipinski definition) is 2. The minimum atomic E-state index is -0.148. The standard InChI is InChI=1S/C12H15BrO2/c1-10-6-2-3-7-11(10)15-12(14)8-4-5-9-13/h2-3,6-7H,4-5,8-9H2,1H3. The van der Waals surface area contributed by atoms with Crippen molar-refractivity contribution in [2.75, 3.05) is 5.33 Å². The normalized spacial score (nSPS) is 10.0. The molecule has 0 N–H and O–H groups in total. The second-order valence-electron chi connectivity index (χ2n) is 3.39. The summed E-state index contributed by atoms with van der Waals surface area (Å²) >= 11 is 3.33. The van der Waals surface area contributed by atoms with Crippen LogP contribution in [0.4, 0.5) is 0 Å². The molecule has 0 bridgehead atoms. The minimum absolute atomic E-state index is 0.148. The predicted octanol–water partition coefficient (Wildman–Crippen LogP) is 3.47. The van der Waals surface area contributed by atoms with Crippen LogP contribution in [0.15, 0.2) is 24.3 Å². The van der Waals surface area contributed by atoms with Crippen molar-refractivity contribution in [3.05, 3.63) is 29.8 Å². The summed E-state index contributed by atoms with van der Waals surface area (Å²) in [6.07, 6.45) is 2.36. The zero-order valence-electron chi connectivity index (χ0n) is 8.83. The fraction of sp³-hybridized carbons (Fsp3) is 0.417. The average Bonchev–Trinajstić information content (AvgIpc) is 2.22. The first-order valence-electron chi connectivity index (χ1n) is 5.06. The molecule has 82 valence electrons. The summed E-state index contributed by atoms with van der Waals surface area (Å²) in [5, 5.41) is 0.935. The maximum absolute atomic E-state index is 11.4. The first-order chi connectivity index (χ1) is 7.24. The highest BCUT2D eigenvalue weighted by atomic mass is 79.9. The highest BCUT2D eigenvalue weighted by Gasteiger charge is 2.05. The summed E-state index contributed by atoms with van der Waals surface area (Å²) in [4.78, 5) is 11.4. The number of alkyl halides is 1. The Kier molecular flexibility index (Phi) is 5.40. The monoisotopic (exact) mass is 270 g/mol. The second kappa shape index (κ2) is 6.62. The van der Waals surface area contributed by atoms with Crippen LogP contribution in [-0.2, 0) is 4.79 Å². The number of carbonyl (C=O) groups excluding carboxylic acids is 1. The number of benzene rings is 1. The first-order valence-corrected chi connectivity index (χ1v) is 6.18. The number of ether oxygens (including phenoxy) is 1. The van der Waals surface area contributed by atoms with Gasteiger partial charge in [-0.15, -0.1) is 0 Å². The van der Waals surface area contributed by atoms with Gasteiger partial charge in [0.15, 0.2) is 0 Å². The summed E-state index contributed by atoms with van der Waals surface area (Å²) in [7, 11) is 0. The van der Waals surface area contributed by atoms with Crippen molar-refractivity contribution >= 4 is 21.9 Å². The maximum Gasteiger partial charge on any atom is 0.311 e. The van der Waals surface area contributed by atoms with E-state index in [2.05, 4.69) is 15.9 Å². The Morgan fingerprint density at radius 1 is 1.33 bits per heavy atom. The van der Waals surface area contributed by atoms with Crippen molar-refractivity contribution in [3.63, 3.8) is 0 Å². The number of carbonyl (C=O) groups is 1. The van der Waals surface area contributed by atoms with Gasteiger partial charge in [-0.3, -0.25) is 4.79 Å². The van der Waals surface area contributed by atoms with Crippen LogP contribution in [-0.4, -0.2) is 11.3 Å². The number of aryl methyl sites for hydroxylation is 1. The summed E-state index contributed by atoms with van der Waals surface area (Å²) in [6.45, 7) is 1.93. The third-order valence-electron chi connectivity index (χ3n) is 2.08. The Morgan fingerprint density at radius 3 is 2.73 bits per heavy atom. The molecule has 2 nitrogen and oxygen atoms in total. The Labute approximate surface area is 98.8 Å². The molecule has 1 aromatic carbocycles. The van der Waals surface area contributed by atoms with Crippen molar-refractivity contribution in [2.24, 2.45) is 0 Å². The first kappa shape index (κ1) is 12.2. The van der Waals surface area contributed by atoms with E-state index in [-0.39, 0.29) is 5.97 Å². The van der Waals surface area contributed by atoms with E-state index in [4.69, 9.17) is 4.74 Å². The Balaban J connectivity index is 2.41. The molecule has 0 amide bonds. The van der Waals surface area contributed by atoms with Gasteiger partial charge in [0.2, 0.25) is 0 Å². The molecule has 0 heterocycles. The van der Waals surface area contributed by atoms with Gasteiger partial charge in [-0.2, -0.15) is 0 Å². The smallest absolute Gasteiger partial charge is 0.311 e. The fourth-order valence-electron chi connectivity index (χ4n) is 1.21. The number of halogens is 1. The van der Waals surface area contributed by atoms with Crippen molar-refractivity contribution < 1.29 is 9.53 Å². The Morgan fingerprint density at radius 2 is 2.07 bits per heavy atom. The maximum atomic E-state index is 11.4. The van der Waals surface area contributed by atoms with Crippen LogP contribution in [0.3, 0.4) is 0 Å². The SMILES string of the molecule is Cc1ccccc1OC(=O)CCCCBr. The van der Waals surface area contributed by atoms with Crippen LogP contribution in [0.1, 0.15) is 24.8 Å². The van der Waals surface area contributed by atoms with E-state index in [1.807, 2.05) is 31.2 Å². The van der Waals surface area contributed by atoms with Crippen LogP contribution in [0.25, 0.3) is 0 Å². The van der Waals surface area contributed by atoms with Crippen molar-refractivity contribution in [1.82, 2.24) is 0 Å². The number of para-hydroxylation sites is 1. The zero-order valence-corrected chi connectivity index (χ0v) is 10.4. The largest absolute Gasteiger partial charge is 0.426 e. The van der Waals surface area contributed by atoms with Gasteiger partial charge in [0.25, 0.3) is 0 Å². The van der Waals surface area contributed by atoms with Crippen molar-refractivity contribution in [1.29, 1.82) is 0 Å². The van der Waals surface area contributed by atoms with Crippen molar-refractivity contribution in [2.45, 2.75) is 26.2 Å². The summed E-state index contributed by atoms with van der Waals surface area (Å²) < 4.78 is 5.24. The zero-order chi connectivity index (χ0) is 11.1. The lowest BCUT2D eigenvalue weighted by molar-refractivity contribution is -0.134. The number of rotatable bonds is 5. The van der Waals surface area contributed by atoms with Gasteiger partial charge >= 0.3 is 5.97 Å². The van der Waals surface area contributed by atoms with E-state index in [1.54, 1.807) is 0 Å².